The van der Waals surface area contributed by atoms with Crippen LogP contribution in [0.2, 0.25) is 0 Å². The molecule has 2 atom stereocenters. The van der Waals surface area contributed by atoms with E-state index in [4.69, 9.17) is 4.98 Å². The summed E-state index contributed by atoms with van der Waals surface area (Å²) in [6.07, 6.45) is 4.33. The Morgan fingerprint density at radius 3 is 2.40 bits per heavy atom. The molecule has 0 N–H and O–H groups in total. The average Bonchev–Trinajstić information content (AvgIpc) is 3.50. The number of anilines is 3. The predicted molar refractivity (Wildman–Crippen MR) is 133 cm³/mol. The number of fused-ring (bicyclic) bond motifs is 2. The average molecular weight is 471 g/mol. The van der Waals surface area contributed by atoms with Gasteiger partial charge >= 0.3 is 0 Å². The predicted octanol–water partition coefficient (Wildman–Crippen LogP) is 5.08. The number of benzene rings is 2. The Hall–Kier alpha value is -3.74. The van der Waals surface area contributed by atoms with E-state index in [0.717, 1.165) is 48.3 Å². The fourth-order valence-corrected chi connectivity index (χ4v) is 5.92. The molecule has 6 nitrogen and oxygen atoms in total. The van der Waals surface area contributed by atoms with Gasteiger partial charge in [-0.05, 0) is 61.2 Å². The van der Waals surface area contributed by atoms with E-state index in [1.54, 1.807) is 29.0 Å². The van der Waals surface area contributed by atoms with Crippen molar-refractivity contribution >= 4 is 29.1 Å². The molecule has 1 fully saturated rings. The summed E-state index contributed by atoms with van der Waals surface area (Å²) in [5.41, 5.74) is 3.07. The molecule has 0 spiro atoms. The van der Waals surface area contributed by atoms with E-state index in [-0.39, 0.29) is 29.7 Å². The van der Waals surface area contributed by atoms with Crippen molar-refractivity contribution in [2.24, 2.45) is 0 Å². The lowest BCUT2D eigenvalue weighted by molar-refractivity contribution is -0.119. The summed E-state index contributed by atoms with van der Waals surface area (Å²) in [5, 5.41) is 0. The lowest BCUT2D eigenvalue weighted by Gasteiger charge is -2.43. The Morgan fingerprint density at radius 1 is 0.943 bits per heavy atom. The first-order valence-corrected chi connectivity index (χ1v) is 12.2. The van der Waals surface area contributed by atoms with Crippen LogP contribution in [0.5, 0.6) is 0 Å². The number of amides is 2. The van der Waals surface area contributed by atoms with Gasteiger partial charge in [0.25, 0.3) is 5.91 Å². The van der Waals surface area contributed by atoms with Crippen LogP contribution in [0.4, 0.5) is 21.7 Å². The van der Waals surface area contributed by atoms with E-state index in [0.29, 0.717) is 11.4 Å². The van der Waals surface area contributed by atoms with Crippen LogP contribution in [0.25, 0.3) is 0 Å². The Bertz CT molecular complexity index is 1320. The van der Waals surface area contributed by atoms with Crippen LogP contribution in [0.3, 0.4) is 0 Å². The molecular weight excluding hydrogens is 443 g/mol. The van der Waals surface area contributed by atoms with E-state index in [1.165, 1.54) is 12.1 Å². The van der Waals surface area contributed by atoms with Crippen molar-refractivity contribution in [1.29, 1.82) is 0 Å². The van der Waals surface area contributed by atoms with Gasteiger partial charge in [-0.3, -0.25) is 14.5 Å². The number of aromatic nitrogens is 1. The fourth-order valence-electron chi connectivity index (χ4n) is 5.92. The molecule has 1 aromatic heterocycles. The summed E-state index contributed by atoms with van der Waals surface area (Å²) >= 11 is 0. The minimum Gasteiger partial charge on any atom is -0.340 e. The lowest BCUT2D eigenvalue weighted by Crippen LogP contribution is -2.54. The van der Waals surface area contributed by atoms with Crippen LogP contribution >= 0.6 is 0 Å². The minimum atomic E-state index is -0.412. The highest BCUT2D eigenvalue weighted by Gasteiger charge is 2.42. The molecule has 2 unspecified atom stereocenters. The number of rotatable bonds is 3. The summed E-state index contributed by atoms with van der Waals surface area (Å²) in [6.45, 7) is 1.94. The van der Waals surface area contributed by atoms with Gasteiger partial charge in [-0.25, -0.2) is 9.37 Å². The minimum absolute atomic E-state index is 0.0489. The molecule has 2 aromatic carbocycles. The van der Waals surface area contributed by atoms with Gasteiger partial charge in [0.15, 0.2) is 5.82 Å². The van der Waals surface area contributed by atoms with E-state index in [1.807, 2.05) is 43.3 Å². The first-order valence-electron chi connectivity index (χ1n) is 12.2. The van der Waals surface area contributed by atoms with Gasteiger partial charge in [-0.2, -0.15) is 0 Å². The SMILES string of the molecule is CC1C(=O)N(C)c2ccc(N3C(=O)c4ccccc4C3c3ccc(F)cc3)nc2N1C1CCCC1. The van der Waals surface area contributed by atoms with Crippen LogP contribution in [0.1, 0.15) is 60.1 Å². The second-order valence-electron chi connectivity index (χ2n) is 9.65. The fraction of sp³-hybridized carbons (Fsp3) is 0.321. The molecule has 6 rings (SSSR count). The molecule has 2 amide bonds. The number of nitrogens with zero attached hydrogens (tertiary/aromatic N) is 4. The highest BCUT2D eigenvalue weighted by molar-refractivity contribution is 6.12. The highest BCUT2D eigenvalue weighted by atomic mass is 19.1. The zero-order valence-corrected chi connectivity index (χ0v) is 19.8. The second kappa shape index (κ2) is 8.18. The summed E-state index contributed by atoms with van der Waals surface area (Å²) in [4.78, 5) is 37.3. The Morgan fingerprint density at radius 2 is 1.66 bits per heavy atom. The van der Waals surface area contributed by atoms with E-state index >= 15 is 0 Å². The van der Waals surface area contributed by atoms with Crippen molar-refractivity contribution in [2.75, 3.05) is 21.7 Å². The quantitative estimate of drug-likeness (QED) is 0.536. The molecule has 1 saturated carbocycles. The first kappa shape index (κ1) is 21.8. The smallest absolute Gasteiger partial charge is 0.260 e. The molecular formula is C28H27FN4O2. The molecule has 3 aliphatic rings. The van der Waals surface area contributed by atoms with Gasteiger partial charge in [-0.1, -0.05) is 43.2 Å². The van der Waals surface area contributed by atoms with E-state index < -0.39 is 6.04 Å². The summed E-state index contributed by atoms with van der Waals surface area (Å²) < 4.78 is 13.7. The molecule has 1 aliphatic carbocycles. The van der Waals surface area contributed by atoms with Crippen molar-refractivity contribution in [3.63, 3.8) is 0 Å². The normalized spacial score (nSPS) is 22.1. The maximum Gasteiger partial charge on any atom is 0.260 e. The third-order valence-electron chi connectivity index (χ3n) is 7.66. The molecule has 0 radical (unpaired) electrons. The number of pyridine rings is 1. The van der Waals surface area contributed by atoms with E-state index in [2.05, 4.69) is 4.90 Å². The molecule has 3 aromatic rings. The molecule has 2 aliphatic heterocycles. The molecule has 3 heterocycles. The zero-order chi connectivity index (χ0) is 24.3. The standard InChI is InChI=1S/C28H27FN4O2/c1-17-27(34)31(2)23-15-16-24(30-26(23)32(17)20-7-3-4-8-20)33-25(18-11-13-19(29)14-12-18)21-9-5-6-10-22(21)28(33)35/h5-6,9-17,20,25H,3-4,7-8H2,1-2H3. The van der Waals surface area contributed by atoms with Gasteiger partial charge in [0, 0.05) is 18.7 Å². The van der Waals surface area contributed by atoms with Gasteiger partial charge in [0.2, 0.25) is 5.91 Å². The Kier molecular flexibility index (Phi) is 5.09. The van der Waals surface area contributed by atoms with Crippen LogP contribution in [0.15, 0.2) is 60.7 Å². The molecule has 7 heteroatoms. The maximum absolute atomic E-state index is 13.7. The molecule has 178 valence electrons. The largest absolute Gasteiger partial charge is 0.340 e. The topological polar surface area (TPSA) is 56.8 Å². The second-order valence-corrected chi connectivity index (χ2v) is 9.65. The van der Waals surface area contributed by atoms with Gasteiger partial charge in [-0.15, -0.1) is 0 Å². The summed E-state index contributed by atoms with van der Waals surface area (Å²) in [5.74, 6) is 0.859. The van der Waals surface area contributed by atoms with Crippen molar-refractivity contribution in [3.8, 4) is 0 Å². The van der Waals surface area contributed by atoms with Crippen molar-refractivity contribution in [3.05, 3.63) is 83.2 Å². The number of likely N-dealkylation sites (N-methyl/N-ethyl adjacent to an activating group) is 1. The van der Waals surface area contributed by atoms with Crippen LogP contribution < -0.4 is 14.7 Å². The van der Waals surface area contributed by atoms with Crippen molar-refractivity contribution < 1.29 is 14.0 Å². The highest BCUT2D eigenvalue weighted by Crippen LogP contribution is 2.44. The Balaban J connectivity index is 1.50. The molecule has 0 bridgehead atoms. The number of halogens is 1. The summed E-state index contributed by atoms with van der Waals surface area (Å²) in [7, 11) is 1.78. The van der Waals surface area contributed by atoms with Crippen LogP contribution in [-0.2, 0) is 4.79 Å². The summed E-state index contributed by atoms with van der Waals surface area (Å²) in [6, 6.07) is 17.0. The van der Waals surface area contributed by atoms with Crippen molar-refractivity contribution in [1.82, 2.24) is 4.98 Å². The first-order chi connectivity index (χ1) is 17.0. The lowest BCUT2D eigenvalue weighted by atomic mass is 9.98. The third kappa shape index (κ3) is 3.32. The van der Waals surface area contributed by atoms with Crippen LogP contribution in [0, 0.1) is 5.82 Å². The molecule has 35 heavy (non-hydrogen) atoms. The number of carbonyl (C=O) groups is 2. The van der Waals surface area contributed by atoms with Gasteiger partial charge in [0.05, 0.1) is 11.7 Å². The Labute approximate surface area is 204 Å². The zero-order valence-electron chi connectivity index (χ0n) is 19.8. The number of carbonyl (C=O) groups excluding carboxylic acids is 2. The van der Waals surface area contributed by atoms with Crippen molar-refractivity contribution in [2.45, 2.75) is 50.7 Å². The maximum atomic E-state index is 13.7. The molecule has 0 saturated heterocycles. The van der Waals surface area contributed by atoms with Crippen LogP contribution in [-0.4, -0.2) is 35.9 Å². The van der Waals surface area contributed by atoms with E-state index in [9.17, 15) is 14.0 Å². The third-order valence-corrected chi connectivity index (χ3v) is 7.66. The number of hydrogen-bond acceptors (Lipinski definition) is 4. The monoisotopic (exact) mass is 470 g/mol. The van der Waals surface area contributed by atoms with Gasteiger partial charge in [0.1, 0.15) is 17.7 Å². The number of hydrogen-bond donors (Lipinski definition) is 0. The van der Waals surface area contributed by atoms with Gasteiger partial charge < -0.3 is 9.80 Å².